The van der Waals surface area contributed by atoms with Gasteiger partial charge in [-0.3, -0.25) is 14.9 Å². The van der Waals surface area contributed by atoms with Gasteiger partial charge in [0.25, 0.3) is 5.91 Å². The van der Waals surface area contributed by atoms with E-state index in [-0.39, 0.29) is 23.9 Å². The smallest absolute Gasteiger partial charge is 0.256 e. The summed E-state index contributed by atoms with van der Waals surface area (Å²) in [4.78, 5) is 31.8. The number of carbonyl (C=O) groups excluding carboxylic acids is 2. The van der Waals surface area contributed by atoms with E-state index >= 15 is 0 Å². The lowest BCUT2D eigenvalue weighted by molar-refractivity contribution is -0.118. The molecule has 2 aromatic carbocycles. The van der Waals surface area contributed by atoms with Crippen LogP contribution in [0, 0.1) is 5.41 Å². The largest absolute Gasteiger partial charge is 0.454 e. The minimum Gasteiger partial charge on any atom is -0.454 e. The molecule has 3 heterocycles. The van der Waals surface area contributed by atoms with Gasteiger partial charge in [-0.15, -0.1) is 0 Å². The fraction of sp³-hybridized carbons (Fsp3) is 0.296. The number of para-hydroxylation sites is 1. The maximum atomic E-state index is 13.7. The number of aromatic nitrogens is 1. The third kappa shape index (κ3) is 3.78. The Kier molecular flexibility index (Phi) is 4.96. The number of anilines is 1. The van der Waals surface area contributed by atoms with Crippen molar-refractivity contribution in [2.75, 3.05) is 12.1 Å². The summed E-state index contributed by atoms with van der Waals surface area (Å²) in [5.41, 5.74) is 4.30. The Morgan fingerprint density at radius 1 is 1.14 bits per heavy atom. The van der Waals surface area contributed by atoms with Crippen LogP contribution in [0.5, 0.6) is 11.5 Å². The van der Waals surface area contributed by atoms with Crippen molar-refractivity contribution in [2.45, 2.75) is 39.5 Å². The molecule has 0 spiro atoms. The number of hydrogen-bond acceptors (Lipinski definition) is 7. The summed E-state index contributed by atoms with van der Waals surface area (Å²) in [5, 5.41) is 6.92. The molecule has 1 aliphatic carbocycles. The molecule has 3 aliphatic rings. The molecule has 35 heavy (non-hydrogen) atoms. The maximum absolute atomic E-state index is 13.7. The molecule has 7 nitrogen and oxygen atoms in total. The van der Waals surface area contributed by atoms with E-state index in [2.05, 4.69) is 29.5 Å². The number of hydrogen-bond donors (Lipinski definition) is 2. The summed E-state index contributed by atoms with van der Waals surface area (Å²) in [6.07, 6.45) is 1.17. The second-order valence-electron chi connectivity index (χ2n) is 9.98. The van der Waals surface area contributed by atoms with Crippen LogP contribution in [0.3, 0.4) is 0 Å². The second-order valence-corrected chi connectivity index (χ2v) is 11.0. The van der Waals surface area contributed by atoms with Crippen LogP contribution in [0.1, 0.15) is 45.1 Å². The Labute approximate surface area is 206 Å². The SMILES string of the molecule is CC1=C(C(=O)Nc2nc3ccccc3s2)[C@@H](c2ccc3c(c2)OCO3)C2=C(CC(C)(C)CC2=O)N1. The van der Waals surface area contributed by atoms with Crippen molar-refractivity contribution >= 4 is 38.4 Å². The average Bonchev–Trinajstić information content (AvgIpc) is 3.42. The van der Waals surface area contributed by atoms with Crippen LogP contribution in [0.25, 0.3) is 10.2 Å². The zero-order chi connectivity index (χ0) is 24.3. The van der Waals surface area contributed by atoms with E-state index in [1.807, 2.05) is 49.4 Å². The van der Waals surface area contributed by atoms with Crippen molar-refractivity contribution < 1.29 is 19.1 Å². The van der Waals surface area contributed by atoms with Crippen LogP contribution < -0.4 is 20.1 Å². The third-order valence-corrected chi connectivity index (χ3v) is 7.68. The number of nitrogens with zero attached hydrogens (tertiary/aromatic N) is 1. The van der Waals surface area contributed by atoms with Gasteiger partial charge in [-0.1, -0.05) is 43.4 Å². The Balaban J connectivity index is 1.44. The van der Waals surface area contributed by atoms with Crippen molar-refractivity contribution in [1.29, 1.82) is 0 Å². The summed E-state index contributed by atoms with van der Waals surface area (Å²) in [7, 11) is 0. The van der Waals surface area contributed by atoms with Gasteiger partial charge in [-0.05, 0) is 48.6 Å². The molecule has 178 valence electrons. The molecule has 0 fully saturated rings. The monoisotopic (exact) mass is 487 g/mol. The number of ether oxygens (including phenoxy) is 2. The van der Waals surface area contributed by atoms with E-state index < -0.39 is 5.92 Å². The molecule has 1 aromatic heterocycles. The van der Waals surface area contributed by atoms with E-state index in [0.29, 0.717) is 34.2 Å². The zero-order valence-electron chi connectivity index (χ0n) is 19.7. The predicted molar refractivity (Wildman–Crippen MR) is 134 cm³/mol. The van der Waals surface area contributed by atoms with Crippen LogP contribution in [0.2, 0.25) is 0 Å². The lowest BCUT2D eigenvalue weighted by atomic mass is 9.68. The lowest BCUT2D eigenvalue weighted by Crippen LogP contribution is -2.39. The molecule has 0 saturated heterocycles. The number of thiazole rings is 1. The average molecular weight is 488 g/mol. The van der Waals surface area contributed by atoms with Crippen LogP contribution in [-0.4, -0.2) is 23.5 Å². The van der Waals surface area contributed by atoms with Crippen LogP contribution in [0.4, 0.5) is 5.13 Å². The standard InChI is InChI=1S/C27H25N3O4S/c1-14-22(25(32)30-26-29-16-6-4-5-7-21(16)35-26)23(15-8-9-19-20(10-15)34-13-33-19)24-17(28-14)11-27(2,3)12-18(24)31/h4-10,23,28H,11-13H2,1-3H3,(H,29,30,32)/t23-/m1/s1. The van der Waals surface area contributed by atoms with Gasteiger partial charge in [0.1, 0.15) is 0 Å². The molecule has 0 bridgehead atoms. The number of fused-ring (bicyclic) bond motifs is 2. The first-order valence-corrected chi connectivity index (χ1v) is 12.4. The number of benzene rings is 2. The first-order chi connectivity index (χ1) is 16.8. The second kappa shape index (κ2) is 7.95. The Morgan fingerprint density at radius 2 is 1.94 bits per heavy atom. The fourth-order valence-electron chi connectivity index (χ4n) is 5.25. The summed E-state index contributed by atoms with van der Waals surface area (Å²) in [5.74, 6) is 0.549. The van der Waals surface area contributed by atoms with E-state index in [1.165, 1.54) is 11.3 Å². The molecule has 6 rings (SSSR count). The molecule has 8 heteroatoms. The van der Waals surface area contributed by atoms with E-state index in [1.54, 1.807) is 0 Å². The molecule has 0 radical (unpaired) electrons. The van der Waals surface area contributed by atoms with Gasteiger partial charge in [0.15, 0.2) is 22.4 Å². The van der Waals surface area contributed by atoms with Gasteiger partial charge >= 0.3 is 0 Å². The summed E-state index contributed by atoms with van der Waals surface area (Å²) in [6, 6.07) is 13.4. The Bertz CT molecular complexity index is 1430. The first kappa shape index (κ1) is 21.9. The highest BCUT2D eigenvalue weighted by Crippen LogP contribution is 2.48. The van der Waals surface area contributed by atoms with Gasteiger partial charge < -0.3 is 14.8 Å². The summed E-state index contributed by atoms with van der Waals surface area (Å²) >= 11 is 1.43. The molecule has 2 aliphatic heterocycles. The van der Waals surface area contributed by atoms with Crippen molar-refractivity contribution in [3.05, 3.63) is 70.6 Å². The Hall–Kier alpha value is -3.65. The normalized spacial score (nSPS) is 20.7. The third-order valence-electron chi connectivity index (χ3n) is 6.73. The molecular weight excluding hydrogens is 462 g/mol. The van der Waals surface area contributed by atoms with Crippen LogP contribution in [-0.2, 0) is 9.59 Å². The van der Waals surface area contributed by atoms with Gasteiger partial charge in [-0.2, -0.15) is 0 Å². The number of nitrogens with one attached hydrogen (secondary N) is 2. The maximum Gasteiger partial charge on any atom is 0.256 e. The molecule has 0 saturated carbocycles. The number of Topliss-reactive ketones (excluding diaryl/α,β-unsaturated/α-hetero) is 1. The summed E-state index contributed by atoms with van der Waals surface area (Å²) in [6.45, 7) is 6.25. The van der Waals surface area contributed by atoms with Crippen LogP contribution in [0.15, 0.2) is 65.0 Å². The lowest BCUT2D eigenvalue weighted by Gasteiger charge is -2.39. The predicted octanol–water partition coefficient (Wildman–Crippen LogP) is 5.27. The van der Waals surface area contributed by atoms with Gasteiger partial charge in [0.2, 0.25) is 6.79 Å². The van der Waals surface area contributed by atoms with E-state index in [0.717, 1.165) is 33.6 Å². The highest BCUT2D eigenvalue weighted by atomic mass is 32.1. The molecule has 1 amide bonds. The topological polar surface area (TPSA) is 89.6 Å². The Morgan fingerprint density at radius 3 is 2.77 bits per heavy atom. The number of ketones is 1. The molecule has 2 N–H and O–H groups in total. The minimum absolute atomic E-state index is 0.0594. The van der Waals surface area contributed by atoms with E-state index in [9.17, 15) is 9.59 Å². The molecule has 1 atom stereocenters. The number of dihydropyridines is 1. The van der Waals surface area contributed by atoms with Crippen molar-refractivity contribution in [1.82, 2.24) is 10.3 Å². The number of carbonyl (C=O) groups is 2. The molecular formula is C27H25N3O4S. The minimum atomic E-state index is -0.515. The van der Waals surface area contributed by atoms with Gasteiger partial charge in [0, 0.05) is 34.9 Å². The van der Waals surface area contributed by atoms with Gasteiger partial charge in [0.05, 0.1) is 10.2 Å². The number of allylic oxidation sites excluding steroid dienone is 3. The van der Waals surface area contributed by atoms with Crippen molar-refractivity contribution in [3.8, 4) is 11.5 Å². The van der Waals surface area contributed by atoms with E-state index in [4.69, 9.17) is 9.47 Å². The fourth-order valence-corrected chi connectivity index (χ4v) is 6.11. The zero-order valence-corrected chi connectivity index (χ0v) is 20.5. The van der Waals surface area contributed by atoms with Crippen molar-refractivity contribution in [3.63, 3.8) is 0 Å². The van der Waals surface area contributed by atoms with Crippen LogP contribution >= 0.6 is 11.3 Å². The highest BCUT2D eigenvalue weighted by Gasteiger charge is 2.43. The molecule has 0 unspecified atom stereocenters. The highest BCUT2D eigenvalue weighted by molar-refractivity contribution is 7.22. The summed E-state index contributed by atoms with van der Waals surface area (Å²) < 4.78 is 12.1. The first-order valence-electron chi connectivity index (χ1n) is 11.6. The number of rotatable bonds is 3. The van der Waals surface area contributed by atoms with Gasteiger partial charge in [-0.25, -0.2) is 4.98 Å². The molecule has 3 aromatic rings. The quantitative estimate of drug-likeness (QED) is 0.523. The number of amides is 1. The van der Waals surface area contributed by atoms with Crippen molar-refractivity contribution in [2.24, 2.45) is 5.41 Å².